The van der Waals surface area contributed by atoms with Gasteiger partial charge in [0.05, 0.1) is 16.6 Å². The summed E-state index contributed by atoms with van der Waals surface area (Å²) >= 11 is 1.36. The third-order valence-electron chi connectivity index (χ3n) is 2.73. The molecule has 2 rings (SSSR count). The molecule has 0 aliphatic heterocycles. The third-order valence-corrected chi connectivity index (χ3v) is 3.62. The van der Waals surface area contributed by atoms with E-state index in [4.69, 9.17) is 0 Å². The van der Waals surface area contributed by atoms with Gasteiger partial charge in [0.1, 0.15) is 5.82 Å². The van der Waals surface area contributed by atoms with Gasteiger partial charge in [-0.2, -0.15) is 0 Å². The Kier molecular flexibility index (Phi) is 4.38. The van der Waals surface area contributed by atoms with Crippen LogP contribution in [0.5, 0.6) is 0 Å². The zero-order valence-corrected chi connectivity index (χ0v) is 11.3. The highest BCUT2D eigenvalue weighted by molar-refractivity contribution is 7.05. The molecule has 0 radical (unpaired) electrons. The van der Waals surface area contributed by atoms with Gasteiger partial charge in [0.15, 0.2) is 0 Å². The van der Waals surface area contributed by atoms with E-state index >= 15 is 0 Å². The Labute approximate surface area is 110 Å². The van der Waals surface area contributed by atoms with E-state index in [0.717, 1.165) is 29.1 Å². The first kappa shape index (κ1) is 13.1. The lowest BCUT2D eigenvalue weighted by atomic mass is 10.0. The fourth-order valence-corrected chi connectivity index (χ4v) is 2.59. The number of benzene rings is 1. The third kappa shape index (κ3) is 2.91. The maximum absolute atomic E-state index is 13.3. The molecule has 0 fully saturated rings. The first-order valence-electron chi connectivity index (χ1n) is 6.00. The van der Waals surface area contributed by atoms with Crippen molar-refractivity contribution in [3.05, 3.63) is 46.2 Å². The Morgan fingerprint density at radius 3 is 2.89 bits per heavy atom. The number of hydrogen-bond acceptors (Lipinski definition) is 4. The molecule has 0 saturated heterocycles. The van der Waals surface area contributed by atoms with Gasteiger partial charge in [-0.1, -0.05) is 23.5 Å². The average Bonchev–Trinajstić information content (AvgIpc) is 2.77. The van der Waals surface area contributed by atoms with E-state index in [1.807, 2.05) is 13.0 Å². The largest absolute Gasteiger partial charge is 0.305 e. The fourth-order valence-electron chi connectivity index (χ4n) is 1.84. The number of aryl methyl sites for hydroxylation is 1. The number of aromatic nitrogens is 2. The molecule has 0 aliphatic carbocycles. The van der Waals surface area contributed by atoms with Crippen molar-refractivity contribution in [2.24, 2.45) is 0 Å². The van der Waals surface area contributed by atoms with Crippen molar-refractivity contribution in [3.63, 3.8) is 0 Å². The minimum absolute atomic E-state index is 0.0272. The van der Waals surface area contributed by atoms with Crippen LogP contribution in [0, 0.1) is 12.7 Å². The van der Waals surface area contributed by atoms with Crippen molar-refractivity contribution >= 4 is 11.5 Å². The Morgan fingerprint density at radius 1 is 1.44 bits per heavy atom. The summed E-state index contributed by atoms with van der Waals surface area (Å²) < 4.78 is 17.3. The van der Waals surface area contributed by atoms with Gasteiger partial charge in [-0.15, -0.1) is 5.10 Å². The number of nitrogens with one attached hydrogen (secondary N) is 1. The highest BCUT2D eigenvalue weighted by Crippen LogP contribution is 2.27. The van der Waals surface area contributed by atoms with E-state index in [9.17, 15) is 4.39 Å². The minimum Gasteiger partial charge on any atom is -0.305 e. The number of halogens is 1. The van der Waals surface area contributed by atoms with E-state index in [2.05, 4.69) is 21.8 Å². The fraction of sp³-hybridized carbons (Fsp3) is 0.385. The lowest BCUT2D eigenvalue weighted by Gasteiger charge is -2.17. The van der Waals surface area contributed by atoms with Crippen LogP contribution in [0.15, 0.2) is 24.3 Å². The summed E-state index contributed by atoms with van der Waals surface area (Å²) in [6.07, 6.45) is 1.02. The van der Waals surface area contributed by atoms with Crippen LogP contribution in [-0.2, 0) is 0 Å². The zero-order valence-electron chi connectivity index (χ0n) is 10.5. The maximum atomic E-state index is 13.3. The second kappa shape index (κ2) is 6.02. The van der Waals surface area contributed by atoms with Gasteiger partial charge in [0.2, 0.25) is 0 Å². The van der Waals surface area contributed by atoms with Crippen LogP contribution in [0.4, 0.5) is 4.39 Å². The summed E-state index contributed by atoms with van der Waals surface area (Å²) in [7, 11) is 0. The van der Waals surface area contributed by atoms with Crippen LogP contribution < -0.4 is 5.32 Å². The molecule has 0 saturated carbocycles. The summed E-state index contributed by atoms with van der Waals surface area (Å²) in [6, 6.07) is 6.65. The molecule has 5 heteroatoms. The molecule has 2 aromatic rings. The van der Waals surface area contributed by atoms with E-state index in [1.54, 1.807) is 12.1 Å². The minimum atomic E-state index is -0.217. The molecule has 0 amide bonds. The molecule has 0 spiro atoms. The lowest BCUT2D eigenvalue weighted by Crippen LogP contribution is -2.23. The molecule has 18 heavy (non-hydrogen) atoms. The highest BCUT2D eigenvalue weighted by Gasteiger charge is 2.18. The molecule has 1 aromatic heterocycles. The molecule has 1 N–H and O–H groups in total. The summed E-state index contributed by atoms with van der Waals surface area (Å²) in [6.45, 7) is 4.91. The SMILES string of the molecule is CCCNC(c1cccc(F)c1)c1snnc1C. The van der Waals surface area contributed by atoms with Gasteiger partial charge in [-0.3, -0.25) is 0 Å². The standard InChI is InChI=1S/C13H16FN3S/c1-3-7-15-12(13-9(2)16-17-18-13)10-5-4-6-11(14)8-10/h4-6,8,12,15H,3,7H2,1-2H3. The first-order valence-corrected chi connectivity index (χ1v) is 6.77. The molecule has 96 valence electrons. The average molecular weight is 265 g/mol. The summed E-state index contributed by atoms with van der Waals surface area (Å²) in [5.41, 5.74) is 1.82. The van der Waals surface area contributed by atoms with Crippen molar-refractivity contribution in [3.8, 4) is 0 Å². The molecular weight excluding hydrogens is 249 g/mol. The number of rotatable bonds is 5. The maximum Gasteiger partial charge on any atom is 0.123 e. The molecule has 1 heterocycles. The molecular formula is C13H16FN3S. The summed E-state index contributed by atoms with van der Waals surface area (Å²) in [5, 5.41) is 7.45. The Bertz CT molecular complexity index is 512. The van der Waals surface area contributed by atoms with Crippen molar-refractivity contribution in [1.82, 2.24) is 14.9 Å². The molecule has 1 atom stereocenters. The van der Waals surface area contributed by atoms with Gasteiger partial charge in [-0.25, -0.2) is 4.39 Å². The lowest BCUT2D eigenvalue weighted by molar-refractivity contribution is 0.588. The molecule has 0 bridgehead atoms. The van der Waals surface area contributed by atoms with Gasteiger partial charge >= 0.3 is 0 Å². The smallest absolute Gasteiger partial charge is 0.123 e. The second-order valence-corrected chi connectivity index (χ2v) is 4.95. The first-order chi connectivity index (χ1) is 8.72. The van der Waals surface area contributed by atoms with Gasteiger partial charge < -0.3 is 5.32 Å². The van der Waals surface area contributed by atoms with Crippen molar-refractivity contribution in [2.75, 3.05) is 6.54 Å². The molecule has 0 aliphatic rings. The summed E-state index contributed by atoms with van der Waals surface area (Å²) in [5.74, 6) is -0.217. The van der Waals surface area contributed by atoms with E-state index in [1.165, 1.54) is 17.6 Å². The van der Waals surface area contributed by atoms with Crippen LogP contribution in [0.3, 0.4) is 0 Å². The molecule has 1 unspecified atom stereocenters. The summed E-state index contributed by atoms with van der Waals surface area (Å²) in [4.78, 5) is 1.05. The molecule has 3 nitrogen and oxygen atoms in total. The van der Waals surface area contributed by atoms with Crippen molar-refractivity contribution < 1.29 is 4.39 Å². The predicted molar refractivity (Wildman–Crippen MR) is 71.2 cm³/mol. The predicted octanol–water partition coefficient (Wildman–Crippen LogP) is 3.07. The van der Waals surface area contributed by atoms with Gasteiger partial charge in [0, 0.05) is 0 Å². The Hall–Kier alpha value is -1.33. The van der Waals surface area contributed by atoms with E-state index in [-0.39, 0.29) is 11.9 Å². The quantitative estimate of drug-likeness (QED) is 0.902. The van der Waals surface area contributed by atoms with Gasteiger partial charge in [0.25, 0.3) is 0 Å². The van der Waals surface area contributed by atoms with Crippen LogP contribution in [0.1, 0.15) is 35.5 Å². The number of nitrogens with zero attached hydrogens (tertiary/aromatic N) is 2. The number of hydrogen-bond donors (Lipinski definition) is 1. The van der Waals surface area contributed by atoms with Gasteiger partial charge in [-0.05, 0) is 49.1 Å². The van der Waals surface area contributed by atoms with Crippen LogP contribution >= 0.6 is 11.5 Å². The van der Waals surface area contributed by atoms with Crippen LogP contribution in [0.2, 0.25) is 0 Å². The van der Waals surface area contributed by atoms with Crippen molar-refractivity contribution in [1.29, 1.82) is 0 Å². The normalized spacial score (nSPS) is 12.6. The van der Waals surface area contributed by atoms with Crippen molar-refractivity contribution in [2.45, 2.75) is 26.3 Å². The van der Waals surface area contributed by atoms with Crippen LogP contribution in [0.25, 0.3) is 0 Å². The Balaban J connectivity index is 2.33. The zero-order chi connectivity index (χ0) is 13.0. The topological polar surface area (TPSA) is 37.8 Å². The Morgan fingerprint density at radius 2 is 2.28 bits per heavy atom. The van der Waals surface area contributed by atoms with Crippen LogP contribution in [-0.4, -0.2) is 16.1 Å². The second-order valence-electron chi connectivity index (χ2n) is 4.16. The van der Waals surface area contributed by atoms with E-state index in [0.29, 0.717) is 0 Å². The molecule has 1 aromatic carbocycles. The highest BCUT2D eigenvalue weighted by atomic mass is 32.1. The van der Waals surface area contributed by atoms with E-state index < -0.39 is 0 Å². The monoisotopic (exact) mass is 265 g/mol.